The van der Waals surface area contributed by atoms with Crippen LogP contribution in [0.3, 0.4) is 0 Å². The number of likely N-dealkylation sites (tertiary alicyclic amines) is 1. The molecule has 2 fully saturated rings. The molecule has 9 rings (SSSR count). The number of nitrogens with zero attached hydrogens (tertiary/aromatic N) is 6. The summed E-state index contributed by atoms with van der Waals surface area (Å²) in [5.74, 6) is -4.12. The quantitative estimate of drug-likeness (QED) is 0.0363. The van der Waals surface area contributed by atoms with Gasteiger partial charge in [-0.2, -0.15) is 4.41 Å². The summed E-state index contributed by atoms with van der Waals surface area (Å²) in [7, 11) is 0. The summed E-state index contributed by atoms with van der Waals surface area (Å²) in [5, 5.41) is 19.2. The molecule has 0 spiro atoms. The van der Waals surface area contributed by atoms with E-state index in [1.807, 2.05) is 38.1 Å². The van der Waals surface area contributed by atoms with Gasteiger partial charge in [0.05, 0.1) is 58.6 Å². The number of halogens is 3. The smallest absolute Gasteiger partial charge is 0.277 e. The number of aryl methyl sites for hydroxylation is 2. The van der Waals surface area contributed by atoms with Crippen molar-refractivity contribution in [2.45, 2.75) is 83.2 Å². The van der Waals surface area contributed by atoms with Gasteiger partial charge in [-0.05, 0) is 93.5 Å². The summed E-state index contributed by atoms with van der Waals surface area (Å²) in [6, 6.07) is 18.9. The average Bonchev–Trinajstić information content (AvgIpc) is 4.23. The van der Waals surface area contributed by atoms with Crippen LogP contribution in [-0.2, 0) is 20.9 Å². The number of carbonyl (C=O) groups excluding carboxylic acids is 3. The Hall–Kier alpha value is -6.78. The molecule has 16 nitrogen and oxygen atoms in total. The van der Waals surface area contributed by atoms with Gasteiger partial charge in [-0.3, -0.25) is 18.9 Å². The van der Waals surface area contributed by atoms with Gasteiger partial charge in [-0.15, -0.1) is 11.3 Å². The Balaban J connectivity index is 0.818. The number of carbonyl (C=O) groups is 3. The zero-order valence-corrected chi connectivity index (χ0v) is 41.0. The summed E-state index contributed by atoms with van der Waals surface area (Å²) in [4.78, 5) is 56.1. The number of fused-ring (bicyclic) bond motifs is 1. The Kier molecular flexibility index (Phi) is 15.0. The van der Waals surface area contributed by atoms with Crippen molar-refractivity contribution in [3.63, 3.8) is 0 Å². The number of amides is 2. The summed E-state index contributed by atoms with van der Waals surface area (Å²) < 4.78 is 79.9. The van der Waals surface area contributed by atoms with E-state index in [0.717, 1.165) is 38.8 Å². The van der Waals surface area contributed by atoms with Crippen molar-refractivity contribution in [3.05, 3.63) is 136 Å². The molecule has 7 aromatic rings. The molecule has 6 heterocycles. The zero-order chi connectivity index (χ0) is 50.8. The normalized spacial score (nSPS) is 18.3. The van der Waals surface area contributed by atoms with E-state index in [9.17, 15) is 32.6 Å². The Morgan fingerprint density at radius 1 is 1.01 bits per heavy atom. The summed E-state index contributed by atoms with van der Waals surface area (Å²) in [5.41, 5.74) is 5.25. The topological polar surface area (TPSA) is 207 Å². The van der Waals surface area contributed by atoms with Crippen LogP contribution in [0.15, 0.2) is 95.2 Å². The fraction of sp³-hybridized carbons (Fsp3) is 0.333. The third-order valence-corrected chi connectivity index (χ3v) is 14.8. The predicted octanol–water partition coefficient (Wildman–Crippen LogP) is 8.54. The van der Waals surface area contributed by atoms with Gasteiger partial charge in [0.15, 0.2) is 5.82 Å². The number of thiazole rings is 1. The van der Waals surface area contributed by atoms with Crippen molar-refractivity contribution in [2.75, 3.05) is 30.7 Å². The van der Waals surface area contributed by atoms with Crippen LogP contribution in [0.5, 0.6) is 5.75 Å². The molecule has 376 valence electrons. The van der Waals surface area contributed by atoms with E-state index in [1.165, 1.54) is 11.1 Å². The highest BCUT2D eigenvalue weighted by Crippen LogP contribution is 2.35. The molecular weight excluding hydrogens is 974 g/mol. The van der Waals surface area contributed by atoms with Gasteiger partial charge in [-0.25, -0.2) is 32.4 Å². The van der Waals surface area contributed by atoms with E-state index >= 15 is 8.78 Å². The van der Waals surface area contributed by atoms with Crippen molar-refractivity contribution in [1.82, 2.24) is 35.3 Å². The third kappa shape index (κ3) is 10.6. The van der Waals surface area contributed by atoms with Crippen molar-refractivity contribution in [3.8, 4) is 27.3 Å². The number of nitrogens with one attached hydrogen (secondary N) is 2. The number of anilines is 1. The van der Waals surface area contributed by atoms with Gasteiger partial charge in [-0.1, -0.05) is 41.6 Å². The molecular formula is C51H51F3N8O8S2. The first-order valence-corrected chi connectivity index (χ1v) is 25.3. The number of unbranched alkanes of at least 4 members (excludes halogenated alkanes) is 1. The second-order valence-electron chi connectivity index (χ2n) is 18.0. The number of hydrogen-bond donors (Lipinski definition) is 4. The number of ketones is 1. The number of hydrazine groups is 1. The molecule has 0 radical (unpaired) electrons. The summed E-state index contributed by atoms with van der Waals surface area (Å²) >= 11 is -1.29. The van der Waals surface area contributed by atoms with E-state index in [1.54, 1.807) is 66.4 Å². The number of aliphatic hydroxyl groups is 1. The monoisotopic (exact) mass is 1020 g/mol. The fourth-order valence-electron chi connectivity index (χ4n) is 9.30. The van der Waals surface area contributed by atoms with E-state index in [-0.39, 0.29) is 66.9 Å². The molecule has 0 bridgehead atoms. The van der Waals surface area contributed by atoms with Crippen molar-refractivity contribution < 1.29 is 50.7 Å². The summed E-state index contributed by atoms with van der Waals surface area (Å²) in [6.45, 7) is 5.64. The van der Waals surface area contributed by atoms with E-state index in [2.05, 4.69) is 25.4 Å². The molecule has 1 unspecified atom stereocenters. The third-order valence-electron chi connectivity index (χ3n) is 13.1. The number of aromatic nitrogens is 4. The molecule has 2 amide bonds. The molecule has 6 atom stereocenters. The SMILES string of the molecule is Cc1cc([C@H](CCCCOc2ccc(-c3cnc4[nH]cc(C(=O)c5c(F)ccc(N(N6CC[C@@H](F)C6)S(=O)O)c5F)c4c3)cc2)C(=O)N2C[C@H](O)C[C@H]2C(=O)N[C@@H](C)c2ccc(-c3scnc3C)cc2)on1. The van der Waals surface area contributed by atoms with Crippen molar-refractivity contribution >= 4 is 56.9 Å². The number of benzene rings is 3. The number of ether oxygens (including phenoxy) is 1. The maximum absolute atomic E-state index is 16.1. The first-order chi connectivity index (χ1) is 34.6. The van der Waals surface area contributed by atoms with Crippen molar-refractivity contribution in [1.29, 1.82) is 0 Å². The van der Waals surface area contributed by atoms with Gasteiger partial charge in [0, 0.05) is 54.5 Å². The average molecular weight is 1030 g/mol. The first-order valence-electron chi connectivity index (χ1n) is 23.4. The lowest BCUT2D eigenvalue weighted by Gasteiger charge is -2.29. The Morgan fingerprint density at radius 2 is 1.78 bits per heavy atom. The lowest BCUT2D eigenvalue weighted by Crippen LogP contribution is -2.48. The Morgan fingerprint density at radius 3 is 2.46 bits per heavy atom. The lowest BCUT2D eigenvalue weighted by atomic mass is 9.96. The highest BCUT2D eigenvalue weighted by atomic mass is 32.2. The van der Waals surface area contributed by atoms with Crippen LogP contribution in [0.25, 0.3) is 32.6 Å². The molecule has 2 aliphatic heterocycles. The van der Waals surface area contributed by atoms with Crippen LogP contribution < -0.4 is 14.5 Å². The minimum absolute atomic E-state index is 0.000649. The molecule has 2 aliphatic rings. The Labute approximate surface area is 418 Å². The zero-order valence-electron chi connectivity index (χ0n) is 39.4. The van der Waals surface area contributed by atoms with Gasteiger partial charge < -0.3 is 29.6 Å². The second kappa shape index (κ2) is 21.5. The minimum atomic E-state index is -2.85. The Bertz CT molecular complexity index is 3130. The molecule has 4 aromatic heterocycles. The number of rotatable bonds is 18. The van der Waals surface area contributed by atoms with Gasteiger partial charge in [0.2, 0.25) is 17.6 Å². The molecule has 0 saturated carbocycles. The maximum atomic E-state index is 16.1. The van der Waals surface area contributed by atoms with E-state index in [4.69, 9.17) is 9.26 Å². The maximum Gasteiger partial charge on any atom is 0.277 e. The van der Waals surface area contributed by atoms with E-state index in [0.29, 0.717) is 58.6 Å². The highest BCUT2D eigenvalue weighted by Gasteiger charge is 2.43. The number of pyridine rings is 1. The molecule has 4 N–H and O–H groups in total. The van der Waals surface area contributed by atoms with Gasteiger partial charge in [0.1, 0.15) is 40.9 Å². The largest absolute Gasteiger partial charge is 0.494 e. The molecule has 2 saturated heterocycles. The molecule has 72 heavy (non-hydrogen) atoms. The predicted molar refractivity (Wildman–Crippen MR) is 264 cm³/mol. The van der Waals surface area contributed by atoms with Crippen LogP contribution in [0.1, 0.15) is 89.6 Å². The highest BCUT2D eigenvalue weighted by molar-refractivity contribution is 7.80. The summed E-state index contributed by atoms with van der Waals surface area (Å²) in [6.07, 6.45) is 2.28. The van der Waals surface area contributed by atoms with Crippen molar-refractivity contribution in [2.24, 2.45) is 0 Å². The van der Waals surface area contributed by atoms with Gasteiger partial charge >= 0.3 is 0 Å². The van der Waals surface area contributed by atoms with Crippen LogP contribution in [0.4, 0.5) is 18.9 Å². The lowest BCUT2D eigenvalue weighted by molar-refractivity contribution is -0.140. The number of H-pyrrole nitrogens is 1. The molecule has 21 heteroatoms. The fourth-order valence-corrected chi connectivity index (χ4v) is 10.8. The molecule has 3 aromatic carbocycles. The van der Waals surface area contributed by atoms with Crippen LogP contribution >= 0.6 is 11.3 Å². The van der Waals surface area contributed by atoms with Crippen LogP contribution in [0.2, 0.25) is 0 Å². The first kappa shape index (κ1) is 50.2. The van der Waals surface area contributed by atoms with Crippen LogP contribution in [0, 0.1) is 25.5 Å². The number of aliphatic hydroxyl groups excluding tert-OH is 1. The van der Waals surface area contributed by atoms with E-state index < -0.39 is 64.2 Å². The molecule has 0 aliphatic carbocycles. The number of β-amino-alcohol motifs (C(OH)–C–C–N with tert-alkyl or cyclic N) is 1. The van der Waals surface area contributed by atoms with Crippen LogP contribution in [-0.4, -0.2) is 106 Å². The number of alkyl halides is 1. The second-order valence-corrected chi connectivity index (χ2v) is 19.7. The number of hydrogen-bond acceptors (Lipinski definition) is 12. The number of aromatic amines is 1. The minimum Gasteiger partial charge on any atom is -0.494 e. The van der Waals surface area contributed by atoms with Gasteiger partial charge in [0.25, 0.3) is 11.3 Å². The standard InChI is InChI=1S/C51H51F3N8O8S2/c1-28-20-44(70-59-28)38(51(66)61-26-36(63)22-43(61)50(65)58-29(2)31-7-9-33(10-8-31)48-30(3)57-27-71-48)6-4-5-19-69-37-13-11-32(12-14-37)34-21-39-40(24-56-49(39)55-23-34)47(64)45-41(53)15-16-42(46(45)54)62(72(67)68)60-18-17-35(52)25-60/h7-16,20-21,23-24,27,29,35-36,38,43,63H,4-6,17-19,22,25-26H2,1-3H3,(H,55,56)(H,58,65)(H,67,68)/t29-,35+,36+,38-,43-/m0/s1.